The van der Waals surface area contributed by atoms with E-state index in [1.807, 2.05) is 31.2 Å². The van der Waals surface area contributed by atoms with Crippen LogP contribution in [0.1, 0.15) is 38.7 Å². The second kappa shape index (κ2) is 9.87. The van der Waals surface area contributed by atoms with E-state index in [-0.39, 0.29) is 24.2 Å². The Morgan fingerprint density at radius 3 is 2.67 bits per heavy atom. The minimum atomic E-state index is -0.513. The number of carbonyl (C=O) groups is 1. The molecule has 0 saturated carbocycles. The van der Waals surface area contributed by atoms with Gasteiger partial charge in [0.05, 0.1) is 6.10 Å². The van der Waals surface area contributed by atoms with Gasteiger partial charge in [-0.3, -0.25) is 4.79 Å². The summed E-state index contributed by atoms with van der Waals surface area (Å²) in [5.74, 6) is 1.06. The van der Waals surface area contributed by atoms with E-state index >= 15 is 0 Å². The first-order valence-corrected chi connectivity index (χ1v) is 8.45. The van der Waals surface area contributed by atoms with Crippen molar-refractivity contribution in [2.24, 2.45) is 5.92 Å². The lowest BCUT2D eigenvalue weighted by molar-refractivity contribution is -0.128. The normalized spacial score (nSPS) is 21.2. The lowest BCUT2D eigenvalue weighted by Crippen LogP contribution is -2.42. The van der Waals surface area contributed by atoms with Gasteiger partial charge in [-0.05, 0) is 24.0 Å². The van der Waals surface area contributed by atoms with Crippen molar-refractivity contribution in [1.29, 1.82) is 0 Å². The van der Waals surface area contributed by atoms with Crippen LogP contribution in [0.3, 0.4) is 0 Å². The Kier molecular flexibility index (Phi) is 8.53. The summed E-state index contributed by atoms with van der Waals surface area (Å²) >= 11 is 0. The van der Waals surface area contributed by atoms with Crippen molar-refractivity contribution < 1.29 is 14.6 Å². The number of carbonyl (C=O) groups excluding carboxylic acids is 1. The molecule has 0 spiro atoms. The molecular weight excluding hydrogens is 328 g/mol. The van der Waals surface area contributed by atoms with E-state index in [2.05, 4.69) is 24.5 Å². The zero-order valence-electron chi connectivity index (χ0n) is 14.6. The van der Waals surface area contributed by atoms with Crippen LogP contribution in [0.4, 0.5) is 0 Å². The Balaban J connectivity index is 0.00000288. The van der Waals surface area contributed by atoms with E-state index in [4.69, 9.17) is 4.74 Å². The zero-order valence-corrected chi connectivity index (χ0v) is 15.4. The van der Waals surface area contributed by atoms with E-state index in [0.717, 1.165) is 17.9 Å². The number of halogens is 1. The highest BCUT2D eigenvalue weighted by atomic mass is 35.5. The van der Waals surface area contributed by atoms with Crippen LogP contribution < -0.4 is 15.4 Å². The molecule has 1 amide bonds. The Hall–Kier alpha value is -1.30. The second-order valence-corrected chi connectivity index (χ2v) is 6.44. The maximum atomic E-state index is 12.4. The molecular formula is C18H29ClN2O3. The lowest BCUT2D eigenvalue weighted by Gasteiger charge is -2.22. The van der Waals surface area contributed by atoms with Crippen LogP contribution >= 0.6 is 12.4 Å². The van der Waals surface area contributed by atoms with Crippen LogP contribution in [0, 0.1) is 5.92 Å². The number of amides is 1. The fourth-order valence-electron chi connectivity index (χ4n) is 2.81. The number of aliphatic hydroxyl groups excluding tert-OH is 1. The summed E-state index contributed by atoms with van der Waals surface area (Å²) in [4.78, 5) is 12.4. The summed E-state index contributed by atoms with van der Waals surface area (Å²) in [6, 6.07) is 7.85. The van der Waals surface area contributed by atoms with Gasteiger partial charge in [0.15, 0.2) is 6.10 Å². The number of benzene rings is 1. The summed E-state index contributed by atoms with van der Waals surface area (Å²) in [6.07, 6.45) is -0.302. The van der Waals surface area contributed by atoms with Crippen molar-refractivity contribution in [2.75, 3.05) is 19.6 Å². The minimum Gasteiger partial charge on any atom is -0.480 e. The molecule has 0 radical (unpaired) electrons. The third kappa shape index (κ3) is 5.36. The number of hydrogen-bond donors (Lipinski definition) is 3. The number of aliphatic hydroxyl groups is 1. The predicted octanol–water partition coefficient (Wildman–Crippen LogP) is 2.09. The molecule has 1 aromatic rings. The molecule has 0 aromatic heterocycles. The second-order valence-electron chi connectivity index (χ2n) is 6.44. The lowest BCUT2D eigenvalue weighted by atomic mass is 10.0. The molecule has 0 aliphatic carbocycles. The van der Waals surface area contributed by atoms with Crippen molar-refractivity contribution in [3.8, 4) is 5.75 Å². The molecule has 6 heteroatoms. The maximum Gasteiger partial charge on any atom is 0.261 e. The van der Waals surface area contributed by atoms with Gasteiger partial charge in [-0.1, -0.05) is 39.0 Å². The number of nitrogens with one attached hydrogen (secondary N) is 2. The highest BCUT2D eigenvalue weighted by Gasteiger charge is 2.27. The Morgan fingerprint density at radius 2 is 2.08 bits per heavy atom. The van der Waals surface area contributed by atoms with Crippen molar-refractivity contribution in [3.05, 3.63) is 29.8 Å². The number of β-amino-alcohol motifs (C(OH)–C–C–N with tert-alkyl or cyclic N) is 1. The molecule has 3 unspecified atom stereocenters. The van der Waals surface area contributed by atoms with Crippen LogP contribution in [0.5, 0.6) is 5.75 Å². The van der Waals surface area contributed by atoms with E-state index in [9.17, 15) is 9.90 Å². The molecule has 5 nitrogen and oxygen atoms in total. The highest BCUT2D eigenvalue weighted by Crippen LogP contribution is 2.27. The summed E-state index contributed by atoms with van der Waals surface area (Å²) in [5.41, 5.74) is 1.11. The van der Waals surface area contributed by atoms with Gasteiger partial charge >= 0.3 is 0 Å². The Morgan fingerprint density at radius 1 is 1.38 bits per heavy atom. The Labute approximate surface area is 150 Å². The van der Waals surface area contributed by atoms with E-state index < -0.39 is 12.2 Å². The highest BCUT2D eigenvalue weighted by molar-refractivity contribution is 5.85. The van der Waals surface area contributed by atoms with E-state index in [1.54, 1.807) is 0 Å². The summed E-state index contributed by atoms with van der Waals surface area (Å²) in [6.45, 7) is 7.95. The summed E-state index contributed by atoms with van der Waals surface area (Å²) in [5, 5.41) is 15.8. The van der Waals surface area contributed by atoms with Gasteiger partial charge in [0.1, 0.15) is 5.75 Å². The smallest absolute Gasteiger partial charge is 0.261 e. The van der Waals surface area contributed by atoms with Gasteiger partial charge in [0.25, 0.3) is 5.91 Å². The van der Waals surface area contributed by atoms with E-state index in [1.165, 1.54) is 0 Å². The van der Waals surface area contributed by atoms with Crippen molar-refractivity contribution in [1.82, 2.24) is 10.6 Å². The molecule has 1 saturated heterocycles. The minimum absolute atomic E-state index is 0. The molecule has 1 heterocycles. The van der Waals surface area contributed by atoms with Gasteiger partial charge < -0.3 is 20.5 Å². The third-order valence-electron chi connectivity index (χ3n) is 4.32. The fraction of sp³-hybridized carbons (Fsp3) is 0.611. The SMILES string of the molecule is CCC(Oc1ccccc1C(C)C)C(=O)NCC1CNCC1O.Cl. The standard InChI is InChI=1S/C18H28N2O3.ClH/c1-4-16(18(22)20-10-13-9-19-11-15(13)21)23-17-8-6-5-7-14(17)12(2)3;/h5-8,12-13,15-16,19,21H,4,9-11H2,1-3H3,(H,20,22);1H. The van der Waals surface area contributed by atoms with Crippen LogP contribution in [-0.4, -0.2) is 42.9 Å². The van der Waals surface area contributed by atoms with Crippen LogP contribution in [0.25, 0.3) is 0 Å². The van der Waals surface area contributed by atoms with Crippen molar-refractivity contribution in [2.45, 2.75) is 45.3 Å². The maximum absolute atomic E-state index is 12.4. The number of para-hydroxylation sites is 1. The predicted molar refractivity (Wildman–Crippen MR) is 97.9 cm³/mol. The summed E-state index contributed by atoms with van der Waals surface area (Å²) < 4.78 is 5.97. The molecule has 3 atom stereocenters. The summed E-state index contributed by atoms with van der Waals surface area (Å²) in [7, 11) is 0. The molecule has 0 bridgehead atoms. The molecule has 2 rings (SSSR count). The van der Waals surface area contributed by atoms with E-state index in [0.29, 0.717) is 25.4 Å². The fourth-order valence-corrected chi connectivity index (χ4v) is 2.81. The average Bonchev–Trinajstić information content (AvgIpc) is 2.95. The van der Waals surface area contributed by atoms with Gasteiger partial charge in [0.2, 0.25) is 0 Å². The van der Waals surface area contributed by atoms with Crippen molar-refractivity contribution >= 4 is 18.3 Å². The molecule has 1 aliphatic rings. The first-order valence-electron chi connectivity index (χ1n) is 8.45. The first kappa shape index (κ1) is 20.7. The largest absolute Gasteiger partial charge is 0.480 e. The Bertz CT molecular complexity index is 525. The average molecular weight is 357 g/mol. The molecule has 136 valence electrons. The first-order chi connectivity index (χ1) is 11.0. The molecule has 3 N–H and O–H groups in total. The molecule has 1 fully saturated rings. The number of rotatable bonds is 7. The van der Waals surface area contributed by atoms with Gasteiger partial charge in [0, 0.05) is 25.6 Å². The number of hydrogen-bond acceptors (Lipinski definition) is 4. The van der Waals surface area contributed by atoms with Crippen LogP contribution in [0.15, 0.2) is 24.3 Å². The van der Waals surface area contributed by atoms with Crippen LogP contribution in [0.2, 0.25) is 0 Å². The molecule has 1 aliphatic heterocycles. The monoisotopic (exact) mass is 356 g/mol. The van der Waals surface area contributed by atoms with Gasteiger partial charge in [-0.15, -0.1) is 12.4 Å². The zero-order chi connectivity index (χ0) is 16.8. The number of ether oxygens (including phenoxy) is 1. The molecule has 1 aromatic carbocycles. The van der Waals surface area contributed by atoms with Gasteiger partial charge in [-0.25, -0.2) is 0 Å². The van der Waals surface area contributed by atoms with Crippen LogP contribution in [-0.2, 0) is 4.79 Å². The molecule has 24 heavy (non-hydrogen) atoms. The third-order valence-corrected chi connectivity index (χ3v) is 4.32. The topological polar surface area (TPSA) is 70.6 Å². The quantitative estimate of drug-likeness (QED) is 0.699. The van der Waals surface area contributed by atoms with Gasteiger partial charge in [-0.2, -0.15) is 0 Å². The van der Waals surface area contributed by atoms with Crippen molar-refractivity contribution in [3.63, 3.8) is 0 Å².